The van der Waals surface area contributed by atoms with Gasteiger partial charge in [0, 0.05) is 12.3 Å². The molecule has 0 spiro atoms. The summed E-state index contributed by atoms with van der Waals surface area (Å²) >= 11 is 3.33. The van der Waals surface area contributed by atoms with Gasteiger partial charge in [0.1, 0.15) is 17.1 Å². The topological polar surface area (TPSA) is 94.1 Å². The standard InChI is InChI=1S/C19H26BrNO6/c1-6-27-19(24)13(9-21-15(10-22)11(2)3)18(23)12-7-14(20)17(26-5)8-16(12)25-4/h7-9,11,15,21-22H,6,10H2,1-5H3/b13-9-/t15-/m0/s1. The van der Waals surface area contributed by atoms with Crippen LogP contribution in [0.15, 0.2) is 28.4 Å². The Morgan fingerprint density at radius 1 is 1.22 bits per heavy atom. The largest absolute Gasteiger partial charge is 0.496 e. The van der Waals surface area contributed by atoms with Gasteiger partial charge >= 0.3 is 5.97 Å². The molecule has 1 atom stereocenters. The third-order valence-electron chi connectivity index (χ3n) is 3.90. The zero-order valence-electron chi connectivity index (χ0n) is 16.2. The average Bonchev–Trinajstić information content (AvgIpc) is 2.64. The third kappa shape index (κ3) is 5.97. The highest BCUT2D eigenvalue weighted by Crippen LogP contribution is 2.34. The SMILES string of the molecule is CCOC(=O)/C(=C\N[C@@H](CO)C(C)C)C(=O)c1cc(Br)c(OC)cc1OC. The summed E-state index contributed by atoms with van der Waals surface area (Å²) in [6.07, 6.45) is 1.29. The molecular weight excluding hydrogens is 418 g/mol. The maximum Gasteiger partial charge on any atom is 0.343 e. The van der Waals surface area contributed by atoms with E-state index in [4.69, 9.17) is 14.2 Å². The second-order valence-corrected chi connectivity index (χ2v) is 6.85. The third-order valence-corrected chi connectivity index (χ3v) is 4.52. The van der Waals surface area contributed by atoms with E-state index in [1.165, 1.54) is 26.5 Å². The predicted octanol–water partition coefficient (Wildman–Crippen LogP) is 2.70. The van der Waals surface area contributed by atoms with Gasteiger partial charge in [-0.25, -0.2) is 4.79 Å². The number of rotatable bonds is 10. The van der Waals surface area contributed by atoms with Crippen molar-refractivity contribution in [3.05, 3.63) is 33.9 Å². The van der Waals surface area contributed by atoms with Crippen LogP contribution in [0.3, 0.4) is 0 Å². The number of nitrogens with one attached hydrogen (secondary N) is 1. The van der Waals surface area contributed by atoms with Crippen LogP contribution in [0, 0.1) is 5.92 Å². The maximum atomic E-state index is 13.1. The minimum Gasteiger partial charge on any atom is -0.496 e. The van der Waals surface area contributed by atoms with Crippen LogP contribution in [0.5, 0.6) is 11.5 Å². The van der Waals surface area contributed by atoms with E-state index in [0.717, 1.165) is 0 Å². The van der Waals surface area contributed by atoms with Gasteiger partial charge in [-0.2, -0.15) is 0 Å². The first-order chi connectivity index (χ1) is 12.8. The van der Waals surface area contributed by atoms with Crippen molar-refractivity contribution in [1.29, 1.82) is 0 Å². The van der Waals surface area contributed by atoms with Crippen LogP contribution in [0.1, 0.15) is 31.1 Å². The summed E-state index contributed by atoms with van der Waals surface area (Å²) in [6.45, 7) is 5.47. The van der Waals surface area contributed by atoms with E-state index in [0.29, 0.717) is 10.2 Å². The Morgan fingerprint density at radius 3 is 2.33 bits per heavy atom. The zero-order valence-corrected chi connectivity index (χ0v) is 17.8. The Morgan fingerprint density at radius 2 is 1.85 bits per heavy atom. The number of aliphatic hydroxyl groups is 1. The summed E-state index contributed by atoms with van der Waals surface area (Å²) in [5.41, 5.74) is -0.0114. The van der Waals surface area contributed by atoms with E-state index in [9.17, 15) is 14.7 Å². The van der Waals surface area contributed by atoms with Gasteiger partial charge in [0.2, 0.25) is 5.78 Å². The molecule has 0 heterocycles. The molecule has 1 aromatic rings. The first kappa shape index (κ1) is 23.0. The summed E-state index contributed by atoms with van der Waals surface area (Å²) < 4.78 is 16.0. The minimum absolute atomic E-state index is 0.0921. The highest BCUT2D eigenvalue weighted by atomic mass is 79.9. The number of esters is 1. The van der Waals surface area contributed by atoms with Crippen molar-refractivity contribution in [2.24, 2.45) is 5.92 Å². The molecule has 27 heavy (non-hydrogen) atoms. The number of hydrogen-bond acceptors (Lipinski definition) is 7. The maximum absolute atomic E-state index is 13.1. The van der Waals surface area contributed by atoms with E-state index in [1.54, 1.807) is 13.0 Å². The van der Waals surface area contributed by atoms with E-state index in [2.05, 4.69) is 21.2 Å². The fourth-order valence-electron chi connectivity index (χ4n) is 2.25. The average molecular weight is 444 g/mol. The van der Waals surface area contributed by atoms with Crippen LogP contribution >= 0.6 is 15.9 Å². The molecule has 1 rings (SSSR count). The lowest BCUT2D eigenvalue weighted by atomic mass is 10.0. The molecule has 7 nitrogen and oxygen atoms in total. The lowest BCUT2D eigenvalue weighted by molar-refractivity contribution is -0.138. The monoisotopic (exact) mass is 443 g/mol. The number of carbonyl (C=O) groups is 2. The van der Waals surface area contributed by atoms with Crippen LogP contribution in [0.2, 0.25) is 0 Å². The molecule has 0 aliphatic rings. The molecule has 0 aromatic heterocycles. The van der Waals surface area contributed by atoms with Crippen LogP contribution in [0.4, 0.5) is 0 Å². The molecule has 0 saturated heterocycles. The number of halogens is 1. The van der Waals surface area contributed by atoms with Crippen molar-refractivity contribution in [1.82, 2.24) is 5.32 Å². The molecule has 0 amide bonds. The summed E-state index contributed by atoms with van der Waals surface area (Å²) in [7, 11) is 2.92. The molecule has 8 heteroatoms. The molecule has 0 fully saturated rings. The number of hydrogen-bond donors (Lipinski definition) is 2. The number of Topliss-reactive ketones (excluding diaryl/α,β-unsaturated/α-hetero) is 1. The quantitative estimate of drug-likeness (QED) is 0.188. The molecule has 0 aliphatic heterocycles. The van der Waals surface area contributed by atoms with E-state index < -0.39 is 11.8 Å². The second-order valence-electron chi connectivity index (χ2n) is 5.99. The van der Waals surface area contributed by atoms with Crippen LogP contribution in [0.25, 0.3) is 0 Å². The van der Waals surface area contributed by atoms with E-state index >= 15 is 0 Å². The van der Waals surface area contributed by atoms with Gasteiger partial charge in [0.25, 0.3) is 0 Å². The van der Waals surface area contributed by atoms with Crippen molar-refractivity contribution < 1.29 is 28.9 Å². The summed E-state index contributed by atoms with van der Waals surface area (Å²) in [6, 6.07) is 2.77. The van der Waals surface area contributed by atoms with E-state index in [1.807, 2.05) is 13.8 Å². The van der Waals surface area contributed by atoms with Gasteiger partial charge in [-0.15, -0.1) is 0 Å². The normalized spacial score (nSPS) is 12.5. The first-order valence-corrected chi connectivity index (χ1v) is 9.30. The van der Waals surface area contributed by atoms with Gasteiger partial charge in [-0.05, 0) is 34.8 Å². The van der Waals surface area contributed by atoms with Crippen molar-refractivity contribution in [2.45, 2.75) is 26.8 Å². The molecule has 0 bridgehead atoms. The number of aliphatic hydroxyl groups excluding tert-OH is 1. The number of carbonyl (C=O) groups excluding carboxylic acids is 2. The van der Waals surface area contributed by atoms with Gasteiger partial charge in [-0.3, -0.25) is 4.79 Å². The molecule has 2 N–H and O–H groups in total. The predicted molar refractivity (Wildman–Crippen MR) is 105 cm³/mol. The van der Waals surface area contributed by atoms with Crippen LogP contribution in [-0.2, 0) is 9.53 Å². The first-order valence-electron chi connectivity index (χ1n) is 8.51. The van der Waals surface area contributed by atoms with Crippen molar-refractivity contribution >= 4 is 27.7 Å². The Labute approximate surface area is 167 Å². The van der Waals surface area contributed by atoms with Gasteiger partial charge in [-0.1, -0.05) is 13.8 Å². The fraction of sp³-hybridized carbons (Fsp3) is 0.474. The Balaban J connectivity index is 3.36. The minimum atomic E-state index is -0.760. The van der Waals surface area contributed by atoms with Crippen molar-refractivity contribution in [2.75, 3.05) is 27.4 Å². The smallest absolute Gasteiger partial charge is 0.343 e. The Bertz CT molecular complexity index is 702. The summed E-state index contributed by atoms with van der Waals surface area (Å²) in [4.78, 5) is 25.4. The molecule has 0 radical (unpaired) electrons. The number of benzene rings is 1. The number of ether oxygens (including phenoxy) is 3. The molecule has 150 valence electrons. The van der Waals surface area contributed by atoms with Crippen molar-refractivity contribution in [3.8, 4) is 11.5 Å². The number of methoxy groups -OCH3 is 2. The molecule has 0 saturated carbocycles. The lowest BCUT2D eigenvalue weighted by Crippen LogP contribution is -2.34. The molecule has 0 unspecified atom stereocenters. The van der Waals surface area contributed by atoms with E-state index in [-0.39, 0.29) is 42.1 Å². The molecule has 1 aromatic carbocycles. The Hall–Kier alpha value is -2.06. The fourth-order valence-corrected chi connectivity index (χ4v) is 2.76. The Kier molecular flexibility index (Phi) is 9.31. The highest BCUT2D eigenvalue weighted by Gasteiger charge is 2.26. The molecular formula is C19H26BrNO6. The number of ketones is 1. The van der Waals surface area contributed by atoms with Gasteiger partial charge in [0.05, 0.1) is 43.5 Å². The second kappa shape index (κ2) is 10.9. The summed E-state index contributed by atoms with van der Waals surface area (Å²) in [5.74, 6) is -0.485. The molecule has 0 aliphatic carbocycles. The van der Waals surface area contributed by atoms with Crippen LogP contribution in [-0.4, -0.2) is 50.3 Å². The van der Waals surface area contributed by atoms with Crippen molar-refractivity contribution in [3.63, 3.8) is 0 Å². The van der Waals surface area contributed by atoms with Crippen LogP contribution < -0.4 is 14.8 Å². The summed E-state index contributed by atoms with van der Waals surface area (Å²) in [5, 5.41) is 12.4. The van der Waals surface area contributed by atoms with Gasteiger partial charge < -0.3 is 24.6 Å². The highest BCUT2D eigenvalue weighted by molar-refractivity contribution is 9.10. The lowest BCUT2D eigenvalue weighted by Gasteiger charge is -2.19. The zero-order chi connectivity index (χ0) is 20.6. The van der Waals surface area contributed by atoms with Gasteiger partial charge in [0.15, 0.2) is 0 Å².